The summed E-state index contributed by atoms with van der Waals surface area (Å²) in [6.45, 7) is 2.54. The molecule has 0 aliphatic heterocycles. The number of benzene rings is 1. The molecule has 1 aromatic carbocycles. The lowest BCUT2D eigenvalue weighted by Gasteiger charge is -2.09. The SMILES string of the molecule is Cc1nc(OCc2ccccc2)c(Br)c2ccsc12. The number of fused-ring (bicyclic) bond motifs is 1. The zero-order valence-electron chi connectivity index (χ0n) is 10.4. The first-order chi connectivity index (χ1) is 9.25. The maximum atomic E-state index is 5.83. The third-order valence-electron chi connectivity index (χ3n) is 2.91. The standard InChI is InChI=1S/C15H12BrNOS/c1-10-14-12(7-8-19-14)13(16)15(17-10)18-9-11-5-3-2-4-6-11/h2-8H,9H2,1H3. The van der Waals surface area contributed by atoms with Crippen molar-refractivity contribution in [2.75, 3.05) is 0 Å². The molecule has 0 saturated carbocycles. The number of halogens is 1. The van der Waals surface area contributed by atoms with E-state index < -0.39 is 0 Å². The largest absolute Gasteiger partial charge is 0.472 e. The van der Waals surface area contributed by atoms with Gasteiger partial charge in [-0.05, 0) is 39.9 Å². The number of aromatic nitrogens is 1. The van der Waals surface area contributed by atoms with Crippen LogP contribution in [0.15, 0.2) is 46.3 Å². The van der Waals surface area contributed by atoms with Gasteiger partial charge in [0.25, 0.3) is 0 Å². The van der Waals surface area contributed by atoms with Crippen LogP contribution in [0.4, 0.5) is 0 Å². The smallest absolute Gasteiger partial charge is 0.229 e. The van der Waals surface area contributed by atoms with E-state index in [1.807, 2.05) is 37.3 Å². The minimum atomic E-state index is 0.529. The maximum absolute atomic E-state index is 5.83. The average Bonchev–Trinajstić information content (AvgIpc) is 2.92. The summed E-state index contributed by atoms with van der Waals surface area (Å²) in [7, 11) is 0. The van der Waals surface area contributed by atoms with Gasteiger partial charge in [-0.15, -0.1) is 11.3 Å². The molecular weight excluding hydrogens is 322 g/mol. The molecule has 2 aromatic heterocycles. The summed E-state index contributed by atoms with van der Waals surface area (Å²) in [5.41, 5.74) is 2.15. The number of hydrogen-bond acceptors (Lipinski definition) is 3. The molecular formula is C15H12BrNOS. The van der Waals surface area contributed by atoms with Crippen LogP contribution in [-0.4, -0.2) is 4.98 Å². The summed E-state index contributed by atoms with van der Waals surface area (Å²) < 4.78 is 7.97. The van der Waals surface area contributed by atoms with Crippen LogP contribution in [0.3, 0.4) is 0 Å². The normalized spacial score (nSPS) is 10.8. The lowest BCUT2D eigenvalue weighted by atomic mass is 10.2. The second-order valence-electron chi connectivity index (χ2n) is 4.25. The summed E-state index contributed by atoms with van der Waals surface area (Å²) >= 11 is 5.29. The lowest BCUT2D eigenvalue weighted by molar-refractivity contribution is 0.292. The average molecular weight is 334 g/mol. The number of rotatable bonds is 3. The van der Waals surface area contributed by atoms with E-state index in [1.54, 1.807) is 11.3 Å². The van der Waals surface area contributed by atoms with E-state index in [-0.39, 0.29) is 0 Å². The first-order valence-corrected chi connectivity index (χ1v) is 7.63. The van der Waals surface area contributed by atoms with Crippen molar-refractivity contribution in [1.29, 1.82) is 0 Å². The Balaban J connectivity index is 1.91. The van der Waals surface area contributed by atoms with Crippen LogP contribution in [-0.2, 0) is 6.61 Å². The minimum absolute atomic E-state index is 0.529. The second-order valence-corrected chi connectivity index (χ2v) is 5.96. The zero-order chi connectivity index (χ0) is 13.2. The Morgan fingerprint density at radius 1 is 1.21 bits per heavy atom. The molecule has 3 aromatic rings. The summed E-state index contributed by atoms with van der Waals surface area (Å²) in [6, 6.07) is 12.2. The van der Waals surface area contributed by atoms with Gasteiger partial charge in [0.1, 0.15) is 6.61 Å². The van der Waals surface area contributed by atoms with E-state index in [2.05, 4.69) is 32.4 Å². The van der Waals surface area contributed by atoms with Gasteiger partial charge in [-0.3, -0.25) is 0 Å². The Labute approximate surface area is 124 Å². The van der Waals surface area contributed by atoms with Crippen molar-refractivity contribution >= 4 is 37.4 Å². The Morgan fingerprint density at radius 2 is 2.00 bits per heavy atom. The molecule has 2 heterocycles. The zero-order valence-corrected chi connectivity index (χ0v) is 12.8. The molecule has 4 heteroatoms. The van der Waals surface area contributed by atoms with Crippen LogP contribution in [0.2, 0.25) is 0 Å². The van der Waals surface area contributed by atoms with Gasteiger partial charge in [-0.1, -0.05) is 30.3 Å². The molecule has 0 radical (unpaired) electrons. The quantitative estimate of drug-likeness (QED) is 0.676. The molecule has 0 bridgehead atoms. The van der Waals surface area contributed by atoms with Crippen molar-refractivity contribution in [2.24, 2.45) is 0 Å². The Hall–Kier alpha value is -1.39. The predicted molar refractivity (Wildman–Crippen MR) is 82.8 cm³/mol. The number of aryl methyl sites for hydroxylation is 1. The van der Waals surface area contributed by atoms with Crippen molar-refractivity contribution < 1.29 is 4.74 Å². The fourth-order valence-corrected chi connectivity index (χ4v) is 3.47. The number of nitrogens with zero attached hydrogens (tertiary/aromatic N) is 1. The predicted octanol–water partition coefficient (Wildman–Crippen LogP) is 4.95. The highest BCUT2D eigenvalue weighted by molar-refractivity contribution is 9.10. The molecule has 0 amide bonds. The van der Waals surface area contributed by atoms with Crippen molar-refractivity contribution in [2.45, 2.75) is 13.5 Å². The molecule has 0 saturated heterocycles. The minimum Gasteiger partial charge on any atom is -0.472 e. The maximum Gasteiger partial charge on any atom is 0.229 e. The monoisotopic (exact) mass is 333 g/mol. The van der Waals surface area contributed by atoms with E-state index >= 15 is 0 Å². The fraction of sp³-hybridized carbons (Fsp3) is 0.133. The van der Waals surface area contributed by atoms with Crippen LogP contribution in [0.1, 0.15) is 11.3 Å². The van der Waals surface area contributed by atoms with Crippen molar-refractivity contribution in [1.82, 2.24) is 4.98 Å². The molecule has 3 rings (SSSR count). The fourth-order valence-electron chi connectivity index (χ4n) is 1.95. The number of hydrogen-bond donors (Lipinski definition) is 0. The van der Waals surface area contributed by atoms with E-state index in [1.165, 1.54) is 10.1 Å². The second kappa shape index (κ2) is 5.31. The van der Waals surface area contributed by atoms with Crippen molar-refractivity contribution in [3.8, 4) is 5.88 Å². The lowest BCUT2D eigenvalue weighted by Crippen LogP contribution is -1.99. The van der Waals surface area contributed by atoms with E-state index in [0.29, 0.717) is 12.5 Å². The molecule has 0 unspecified atom stereocenters. The highest BCUT2D eigenvalue weighted by Crippen LogP contribution is 2.36. The first-order valence-electron chi connectivity index (χ1n) is 5.96. The van der Waals surface area contributed by atoms with Gasteiger partial charge in [0.05, 0.1) is 14.9 Å². The van der Waals surface area contributed by atoms with Gasteiger partial charge in [-0.2, -0.15) is 0 Å². The van der Waals surface area contributed by atoms with E-state index in [0.717, 1.165) is 15.7 Å². The molecule has 19 heavy (non-hydrogen) atoms. The van der Waals surface area contributed by atoms with E-state index in [9.17, 15) is 0 Å². The van der Waals surface area contributed by atoms with Crippen molar-refractivity contribution in [3.05, 3.63) is 57.5 Å². The number of pyridine rings is 1. The molecule has 0 spiro atoms. The molecule has 96 valence electrons. The van der Waals surface area contributed by atoms with Gasteiger partial charge < -0.3 is 4.74 Å². The highest BCUT2D eigenvalue weighted by Gasteiger charge is 2.12. The third kappa shape index (κ3) is 2.51. The molecule has 0 aliphatic carbocycles. The summed E-state index contributed by atoms with van der Waals surface area (Å²) in [5.74, 6) is 0.659. The van der Waals surface area contributed by atoms with Gasteiger partial charge in [0.15, 0.2) is 0 Å². The molecule has 0 fully saturated rings. The topological polar surface area (TPSA) is 22.1 Å². The molecule has 0 aliphatic rings. The van der Waals surface area contributed by atoms with Crippen LogP contribution in [0, 0.1) is 6.92 Å². The number of thiophene rings is 1. The Morgan fingerprint density at radius 3 is 2.79 bits per heavy atom. The summed E-state index contributed by atoms with van der Waals surface area (Å²) in [4.78, 5) is 4.53. The Kier molecular flexibility index (Phi) is 3.53. The van der Waals surface area contributed by atoms with E-state index in [4.69, 9.17) is 4.74 Å². The highest BCUT2D eigenvalue weighted by atomic mass is 79.9. The van der Waals surface area contributed by atoms with Crippen LogP contribution < -0.4 is 4.74 Å². The first kappa shape index (κ1) is 12.6. The van der Waals surface area contributed by atoms with Gasteiger partial charge >= 0.3 is 0 Å². The van der Waals surface area contributed by atoms with Crippen molar-refractivity contribution in [3.63, 3.8) is 0 Å². The Bertz CT molecular complexity index is 709. The van der Waals surface area contributed by atoms with Crippen LogP contribution in [0.25, 0.3) is 10.1 Å². The van der Waals surface area contributed by atoms with Crippen LogP contribution >= 0.6 is 27.3 Å². The summed E-state index contributed by atoms with van der Waals surface area (Å²) in [5, 5.41) is 3.24. The number of ether oxygens (including phenoxy) is 1. The van der Waals surface area contributed by atoms with Gasteiger partial charge in [0.2, 0.25) is 5.88 Å². The van der Waals surface area contributed by atoms with Gasteiger partial charge in [-0.25, -0.2) is 4.98 Å². The van der Waals surface area contributed by atoms with Gasteiger partial charge in [0, 0.05) is 5.39 Å². The summed E-state index contributed by atoms with van der Waals surface area (Å²) in [6.07, 6.45) is 0. The molecule has 0 N–H and O–H groups in total. The molecule has 0 atom stereocenters. The molecule has 2 nitrogen and oxygen atoms in total. The third-order valence-corrected chi connectivity index (χ3v) is 4.70. The van der Waals surface area contributed by atoms with Crippen LogP contribution in [0.5, 0.6) is 5.88 Å².